The van der Waals surface area contributed by atoms with E-state index in [0.717, 1.165) is 19.3 Å². The highest BCUT2D eigenvalue weighted by atomic mass is 16.5. The lowest BCUT2D eigenvalue weighted by Gasteiger charge is -2.26. The molecule has 2 aliphatic heterocycles. The molecule has 5 unspecified atom stereocenters. The number of benzene rings is 2. The first kappa shape index (κ1) is 22.1. The van der Waals surface area contributed by atoms with E-state index in [0.29, 0.717) is 19.3 Å². The molecule has 2 aromatic rings. The van der Waals surface area contributed by atoms with Gasteiger partial charge >= 0.3 is 12.1 Å². The normalized spacial score (nSPS) is 28.6. The number of hydrogen-bond donors (Lipinski definition) is 2. The minimum Gasteiger partial charge on any atom is -0.481 e. The maximum absolute atomic E-state index is 13.2. The predicted octanol–water partition coefficient (Wildman–Crippen LogP) is 4.16. The molecule has 2 aliphatic carbocycles. The third kappa shape index (κ3) is 3.77. The van der Waals surface area contributed by atoms with Gasteiger partial charge in [0.15, 0.2) is 0 Å². The number of amides is 2. The molecule has 6 rings (SSSR count). The number of ether oxygens (including phenoxy) is 1. The summed E-state index contributed by atoms with van der Waals surface area (Å²) in [5.41, 5.74) is 4.73. The Kier molecular flexibility index (Phi) is 5.50. The Balaban J connectivity index is 1.04. The summed E-state index contributed by atoms with van der Waals surface area (Å²) in [5, 5.41) is 12.4. The smallest absolute Gasteiger partial charge is 0.407 e. The maximum atomic E-state index is 13.2. The van der Waals surface area contributed by atoms with Gasteiger partial charge in [0.25, 0.3) is 0 Å². The molecule has 2 aromatic carbocycles. The largest absolute Gasteiger partial charge is 0.481 e. The number of nitrogens with one attached hydrogen (secondary N) is 1. The van der Waals surface area contributed by atoms with Crippen LogP contribution in [0.4, 0.5) is 4.79 Å². The van der Waals surface area contributed by atoms with Gasteiger partial charge in [0, 0.05) is 30.0 Å². The van der Waals surface area contributed by atoms with Crippen LogP contribution in [-0.2, 0) is 14.3 Å². The van der Waals surface area contributed by atoms with Crippen LogP contribution in [-0.4, -0.2) is 52.7 Å². The highest BCUT2D eigenvalue weighted by Crippen LogP contribution is 2.45. The molecule has 2 N–H and O–H groups in total. The van der Waals surface area contributed by atoms with Gasteiger partial charge < -0.3 is 20.1 Å². The van der Waals surface area contributed by atoms with Crippen molar-refractivity contribution < 1.29 is 24.2 Å². The van der Waals surface area contributed by atoms with Gasteiger partial charge in [-0.15, -0.1) is 0 Å². The molecular weight excluding hydrogens is 444 g/mol. The van der Waals surface area contributed by atoms with Gasteiger partial charge in [0.05, 0.1) is 5.92 Å². The molecule has 2 heterocycles. The van der Waals surface area contributed by atoms with Gasteiger partial charge in [-0.3, -0.25) is 9.59 Å². The van der Waals surface area contributed by atoms with Crippen molar-refractivity contribution in [2.75, 3.05) is 6.61 Å². The number of rotatable bonds is 5. The summed E-state index contributed by atoms with van der Waals surface area (Å²) >= 11 is 0. The molecule has 0 aromatic heterocycles. The van der Waals surface area contributed by atoms with E-state index in [-0.39, 0.29) is 42.5 Å². The van der Waals surface area contributed by atoms with Crippen molar-refractivity contribution >= 4 is 18.0 Å². The number of carboxylic acids is 1. The Morgan fingerprint density at radius 1 is 0.914 bits per heavy atom. The zero-order valence-corrected chi connectivity index (χ0v) is 19.6. The predicted molar refractivity (Wildman–Crippen MR) is 129 cm³/mol. The van der Waals surface area contributed by atoms with Crippen LogP contribution in [0.25, 0.3) is 11.1 Å². The van der Waals surface area contributed by atoms with Crippen LogP contribution in [0, 0.1) is 11.8 Å². The van der Waals surface area contributed by atoms with E-state index in [1.165, 1.54) is 22.3 Å². The molecular formula is C28H30N2O5. The molecule has 3 fully saturated rings. The second kappa shape index (κ2) is 8.70. The van der Waals surface area contributed by atoms with Crippen LogP contribution in [0.2, 0.25) is 0 Å². The number of nitrogens with zero attached hydrogens (tertiary/aromatic N) is 1. The van der Waals surface area contributed by atoms with E-state index < -0.39 is 18.0 Å². The van der Waals surface area contributed by atoms with Crippen molar-refractivity contribution in [2.24, 2.45) is 11.8 Å². The average molecular weight is 475 g/mol. The Morgan fingerprint density at radius 3 is 2.26 bits per heavy atom. The monoisotopic (exact) mass is 474 g/mol. The van der Waals surface area contributed by atoms with Crippen LogP contribution >= 0.6 is 0 Å². The van der Waals surface area contributed by atoms with Crippen LogP contribution in [0.1, 0.15) is 55.6 Å². The summed E-state index contributed by atoms with van der Waals surface area (Å²) in [6.07, 6.45) is 3.82. The Morgan fingerprint density at radius 2 is 1.60 bits per heavy atom. The topological polar surface area (TPSA) is 95.9 Å². The number of fused-ring (bicyclic) bond motifs is 5. The Hall–Kier alpha value is -3.35. The van der Waals surface area contributed by atoms with Crippen LogP contribution < -0.4 is 5.32 Å². The number of carboxylic acid groups (broad SMARTS) is 1. The fraction of sp³-hybridized carbons (Fsp3) is 0.464. The third-order valence-corrected chi connectivity index (χ3v) is 8.56. The molecule has 2 amide bonds. The van der Waals surface area contributed by atoms with Crippen molar-refractivity contribution in [2.45, 2.75) is 62.6 Å². The molecule has 2 saturated heterocycles. The fourth-order valence-corrected chi connectivity index (χ4v) is 6.95. The number of aliphatic carboxylic acids is 1. The maximum Gasteiger partial charge on any atom is 0.407 e. The van der Waals surface area contributed by atoms with Crippen LogP contribution in [0.5, 0.6) is 0 Å². The van der Waals surface area contributed by atoms with Gasteiger partial charge in [-0.25, -0.2) is 4.79 Å². The summed E-state index contributed by atoms with van der Waals surface area (Å²) in [4.78, 5) is 39.3. The van der Waals surface area contributed by atoms with Crippen molar-refractivity contribution in [3.63, 3.8) is 0 Å². The van der Waals surface area contributed by atoms with Crippen molar-refractivity contribution in [3.05, 3.63) is 59.7 Å². The zero-order valence-electron chi connectivity index (χ0n) is 19.6. The third-order valence-electron chi connectivity index (χ3n) is 8.56. The molecule has 4 aliphatic rings. The van der Waals surface area contributed by atoms with Crippen LogP contribution in [0.15, 0.2) is 48.5 Å². The van der Waals surface area contributed by atoms with Gasteiger partial charge in [-0.05, 0) is 60.8 Å². The number of carbonyl (C=O) groups is 3. The summed E-state index contributed by atoms with van der Waals surface area (Å²) in [7, 11) is 0. The van der Waals surface area contributed by atoms with E-state index in [4.69, 9.17) is 4.74 Å². The second-order valence-corrected chi connectivity index (χ2v) is 10.4. The van der Waals surface area contributed by atoms with Gasteiger partial charge in [0.1, 0.15) is 6.61 Å². The number of carbonyl (C=O) groups excluding carboxylic acids is 2. The van der Waals surface area contributed by atoms with E-state index >= 15 is 0 Å². The molecule has 0 spiro atoms. The van der Waals surface area contributed by atoms with E-state index in [9.17, 15) is 19.5 Å². The number of alkyl carbamates (subject to hydrolysis) is 1. The molecule has 1 saturated carbocycles. The summed E-state index contributed by atoms with van der Waals surface area (Å²) in [6, 6.07) is 16.3. The summed E-state index contributed by atoms with van der Waals surface area (Å²) in [5.74, 6) is -1.31. The highest BCUT2D eigenvalue weighted by molar-refractivity contribution is 5.83. The molecule has 35 heavy (non-hydrogen) atoms. The first-order valence-electron chi connectivity index (χ1n) is 12.7. The molecule has 0 radical (unpaired) electrons. The van der Waals surface area contributed by atoms with Crippen LogP contribution in [0.3, 0.4) is 0 Å². The molecule has 2 bridgehead atoms. The number of hydrogen-bond acceptors (Lipinski definition) is 4. The lowest BCUT2D eigenvalue weighted by molar-refractivity contribution is -0.143. The second-order valence-electron chi connectivity index (χ2n) is 10.4. The molecule has 7 nitrogen and oxygen atoms in total. The minimum atomic E-state index is -0.795. The van der Waals surface area contributed by atoms with Gasteiger partial charge in [0.2, 0.25) is 5.91 Å². The lowest BCUT2D eigenvalue weighted by Crippen LogP contribution is -2.41. The fourth-order valence-electron chi connectivity index (χ4n) is 6.95. The van der Waals surface area contributed by atoms with E-state index in [1.54, 1.807) is 0 Å². The van der Waals surface area contributed by atoms with Crippen molar-refractivity contribution in [3.8, 4) is 11.1 Å². The SMILES string of the molecule is O=C(NC1CCC(C(=O)N2C3CCC2C(C(=O)O)C3)C1)OCC1c2ccccc2-c2ccccc21. The Bertz CT molecular complexity index is 1130. The summed E-state index contributed by atoms with van der Waals surface area (Å²) in [6.45, 7) is 0.267. The highest BCUT2D eigenvalue weighted by Gasteiger charge is 2.52. The van der Waals surface area contributed by atoms with Crippen molar-refractivity contribution in [1.29, 1.82) is 0 Å². The quantitative estimate of drug-likeness (QED) is 0.679. The van der Waals surface area contributed by atoms with Gasteiger partial charge in [-0.1, -0.05) is 48.5 Å². The Labute approximate surface area is 204 Å². The molecule has 5 atom stereocenters. The first-order chi connectivity index (χ1) is 17.0. The summed E-state index contributed by atoms with van der Waals surface area (Å²) < 4.78 is 5.67. The average Bonchev–Trinajstić information content (AvgIpc) is 3.64. The minimum absolute atomic E-state index is 0.0128. The lowest BCUT2D eigenvalue weighted by atomic mass is 9.89. The molecule has 182 valence electrons. The van der Waals surface area contributed by atoms with Crippen molar-refractivity contribution in [1.82, 2.24) is 10.2 Å². The van der Waals surface area contributed by atoms with Gasteiger partial charge in [-0.2, -0.15) is 0 Å². The van der Waals surface area contributed by atoms with E-state index in [2.05, 4.69) is 29.6 Å². The van der Waals surface area contributed by atoms with E-state index in [1.807, 2.05) is 29.2 Å². The standard InChI is InChI=1S/C28H30N2O5/c31-26(30-18-11-12-25(30)23(14-18)27(32)33)16-9-10-17(13-16)29-28(34)35-15-24-21-7-3-1-5-19(21)20-6-2-4-8-22(20)24/h1-8,16-18,23-25H,9-15H2,(H,29,34)(H,32,33). The first-order valence-corrected chi connectivity index (χ1v) is 12.7. The zero-order chi connectivity index (χ0) is 24.1. The molecule has 7 heteroatoms.